The fourth-order valence-electron chi connectivity index (χ4n) is 2.00. The molecular formula is C14H14N2O4S. The zero-order valence-corrected chi connectivity index (χ0v) is 12.2. The molecular weight excluding hydrogens is 292 g/mol. The number of hydrogen-bond acceptors (Lipinski definition) is 5. The van der Waals surface area contributed by atoms with Gasteiger partial charge in [-0.05, 0) is 19.1 Å². The van der Waals surface area contributed by atoms with Gasteiger partial charge in [-0.1, -0.05) is 12.1 Å². The maximum Gasteiger partial charge on any atom is 0.327 e. The normalized spacial score (nSPS) is 18.9. The number of amides is 1. The number of carboxylic acid groups (broad SMARTS) is 1. The minimum Gasteiger partial charge on any atom is -0.480 e. The van der Waals surface area contributed by atoms with E-state index in [1.54, 1.807) is 31.2 Å². The largest absolute Gasteiger partial charge is 0.480 e. The van der Waals surface area contributed by atoms with Gasteiger partial charge < -0.3 is 14.7 Å². The number of para-hydroxylation sites is 1. The standard InChI is InChI=1S/C14H14N2O4S/c1-9(20-12-5-3-2-4-10(12)6-15)13(17)16-8-21-7-11(16)14(18)19/h2-5,9,11H,7-8H2,1H3,(H,18,19)/t9?,11-/m0/s1. The molecule has 0 aromatic heterocycles. The molecule has 6 nitrogen and oxygen atoms in total. The number of benzene rings is 1. The average molecular weight is 306 g/mol. The van der Waals surface area contributed by atoms with Gasteiger partial charge in [-0.15, -0.1) is 11.8 Å². The first kappa shape index (κ1) is 15.2. The molecule has 1 aromatic carbocycles. The van der Waals surface area contributed by atoms with E-state index in [2.05, 4.69) is 0 Å². The van der Waals surface area contributed by atoms with Gasteiger partial charge in [0.2, 0.25) is 0 Å². The molecule has 1 aliphatic heterocycles. The van der Waals surface area contributed by atoms with Gasteiger partial charge in [-0.2, -0.15) is 5.26 Å². The molecule has 1 N–H and O–H groups in total. The van der Waals surface area contributed by atoms with Crippen molar-refractivity contribution >= 4 is 23.6 Å². The fourth-order valence-corrected chi connectivity index (χ4v) is 3.16. The van der Waals surface area contributed by atoms with E-state index >= 15 is 0 Å². The minimum atomic E-state index is -1.02. The van der Waals surface area contributed by atoms with Gasteiger partial charge in [-0.25, -0.2) is 4.79 Å². The number of carbonyl (C=O) groups is 2. The predicted octanol–water partition coefficient (Wildman–Crippen LogP) is 1.31. The maximum absolute atomic E-state index is 12.3. The number of nitrogens with zero attached hydrogens (tertiary/aromatic N) is 2. The topological polar surface area (TPSA) is 90.6 Å². The molecule has 0 aliphatic carbocycles. The quantitative estimate of drug-likeness (QED) is 0.902. The van der Waals surface area contributed by atoms with Gasteiger partial charge in [0.05, 0.1) is 11.4 Å². The maximum atomic E-state index is 12.3. The summed E-state index contributed by atoms with van der Waals surface area (Å²) < 4.78 is 5.52. The molecule has 21 heavy (non-hydrogen) atoms. The van der Waals surface area contributed by atoms with Crippen molar-refractivity contribution in [1.29, 1.82) is 5.26 Å². The van der Waals surface area contributed by atoms with E-state index in [1.165, 1.54) is 16.7 Å². The Hall–Kier alpha value is -2.20. The molecule has 1 amide bonds. The van der Waals surface area contributed by atoms with Gasteiger partial charge >= 0.3 is 5.97 Å². The summed E-state index contributed by atoms with van der Waals surface area (Å²) >= 11 is 1.39. The van der Waals surface area contributed by atoms with Crippen LogP contribution in [-0.2, 0) is 9.59 Å². The Bertz CT molecular complexity index is 599. The van der Waals surface area contributed by atoms with Crippen LogP contribution >= 0.6 is 11.8 Å². The van der Waals surface area contributed by atoms with Crippen LogP contribution in [0, 0.1) is 11.3 Å². The Morgan fingerprint density at radius 1 is 1.52 bits per heavy atom. The van der Waals surface area contributed by atoms with Crippen LogP contribution < -0.4 is 4.74 Å². The zero-order valence-electron chi connectivity index (χ0n) is 11.4. The number of aliphatic carboxylic acids is 1. The van der Waals surface area contributed by atoms with E-state index in [9.17, 15) is 9.59 Å². The first-order valence-corrected chi connectivity index (χ1v) is 7.47. The number of nitriles is 1. The minimum absolute atomic E-state index is 0.319. The molecule has 7 heteroatoms. The summed E-state index contributed by atoms with van der Waals surface area (Å²) in [7, 11) is 0. The van der Waals surface area contributed by atoms with Crippen molar-refractivity contribution in [3.8, 4) is 11.8 Å². The highest BCUT2D eigenvalue weighted by Gasteiger charge is 2.37. The number of carboxylic acids is 1. The van der Waals surface area contributed by atoms with Crippen molar-refractivity contribution in [2.45, 2.75) is 19.1 Å². The highest BCUT2D eigenvalue weighted by Crippen LogP contribution is 2.24. The number of hydrogen-bond donors (Lipinski definition) is 1. The summed E-state index contributed by atoms with van der Waals surface area (Å²) in [5.74, 6) is -0.371. The molecule has 1 aromatic rings. The SMILES string of the molecule is CC(Oc1ccccc1C#N)C(=O)N1CSC[C@H]1C(=O)O. The van der Waals surface area contributed by atoms with Crippen molar-refractivity contribution in [2.75, 3.05) is 11.6 Å². The third kappa shape index (κ3) is 3.28. The molecule has 1 aliphatic rings. The second-order valence-corrected chi connectivity index (χ2v) is 5.53. The average Bonchev–Trinajstić information content (AvgIpc) is 2.96. The van der Waals surface area contributed by atoms with Crippen LogP contribution in [0.1, 0.15) is 12.5 Å². The molecule has 2 atom stereocenters. The van der Waals surface area contributed by atoms with Gasteiger partial charge in [0.15, 0.2) is 6.10 Å². The van der Waals surface area contributed by atoms with Crippen LogP contribution in [0.5, 0.6) is 5.75 Å². The van der Waals surface area contributed by atoms with Crippen molar-refractivity contribution in [3.05, 3.63) is 29.8 Å². The Morgan fingerprint density at radius 3 is 2.90 bits per heavy atom. The summed E-state index contributed by atoms with van der Waals surface area (Å²) in [5.41, 5.74) is 0.336. The second-order valence-electron chi connectivity index (χ2n) is 4.53. The van der Waals surface area contributed by atoms with E-state index in [-0.39, 0.29) is 5.91 Å². The number of thioether (sulfide) groups is 1. The highest BCUT2D eigenvalue weighted by atomic mass is 32.2. The van der Waals surface area contributed by atoms with E-state index in [0.717, 1.165) is 0 Å². The predicted molar refractivity (Wildman–Crippen MR) is 76.8 cm³/mol. The highest BCUT2D eigenvalue weighted by molar-refractivity contribution is 7.99. The summed E-state index contributed by atoms with van der Waals surface area (Å²) in [6.45, 7) is 1.55. The molecule has 0 bridgehead atoms. The van der Waals surface area contributed by atoms with Crippen molar-refractivity contribution in [1.82, 2.24) is 4.90 Å². The molecule has 0 saturated carbocycles. The van der Waals surface area contributed by atoms with E-state index in [0.29, 0.717) is 22.9 Å². The van der Waals surface area contributed by atoms with Crippen LogP contribution in [0.4, 0.5) is 0 Å². The third-order valence-electron chi connectivity index (χ3n) is 3.11. The lowest BCUT2D eigenvalue weighted by atomic mass is 10.2. The third-order valence-corrected chi connectivity index (χ3v) is 4.12. The molecule has 1 saturated heterocycles. The zero-order chi connectivity index (χ0) is 15.4. The molecule has 110 valence electrons. The van der Waals surface area contributed by atoms with Gasteiger partial charge in [-0.3, -0.25) is 4.79 Å². The number of carbonyl (C=O) groups excluding carboxylic acids is 1. The Labute approximate surface area is 126 Å². The van der Waals surface area contributed by atoms with Crippen LogP contribution in [0.3, 0.4) is 0 Å². The molecule has 2 rings (SSSR count). The van der Waals surface area contributed by atoms with E-state index in [4.69, 9.17) is 15.1 Å². The van der Waals surface area contributed by atoms with Crippen molar-refractivity contribution < 1.29 is 19.4 Å². The fraction of sp³-hybridized carbons (Fsp3) is 0.357. The Morgan fingerprint density at radius 2 is 2.24 bits per heavy atom. The van der Waals surface area contributed by atoms with Crippen LogP contribution in [-0.4, -0.2) is 45.7 Å². The molecule has 0 spiro atoms. The number of rotatable bonds is 4. The van der Waals surface area contributed by atoms with Crippen LogP contribution in [0.15, 0.2) is 24.3 Å². The first-order valence-electron chi connectivity index (χ1n) is 6.31. The molecule has 1 unspecified atom stereocenters. The van der Waals surface area contributed by atoms with Crippen LogP contribution in [0.2, 0.25) is 0 Å². The molecule has 1 fully saturated rings. The van der Waals surface area contributed by atoms with Crippen LogP contribution in [0.25, 0.3) is 0 Å². The lowest BCUT2D eigenvalue weighted by molar-refractivity contribution is -0.150. The lowest BCUT2D eigenvalue weighted by Crippen LogP contribution is -2.47. The summed E-state index contributed by atoms with van der Waals surface area (Å²) in [4.78, 5) is 24.7. The number of ether oxygens (including phenoxy) is 1. The summed E-state index contributed by atoms with van der Waals surface area (Å²) in [6.07, 6.45) is -0.847. The molecule has 0 radical (unpaired) electrons. The van der Waals surface area contributed by atoms with E-state index in [1.807, 2.05) is 6.07 Å². The summed E-state index contributed by atoms with van der Waals surface area (Å²) in [6, 6.07) is 7.78. The Kier molecular flexibility index (Phi) is 4.70. The molecule has 1 heterocycles. The van der Waals surface area contributed by atoms with Gasteiger partial charge in [0.25, 0.3) is 5.91 Å². The van der Waals surface area contributed by atoms with Gasteiger partial charge in [0.1, 0.15) is 17.9 Å². The first-order chi connectivity index (χ1) is 10.0. The van der Waals surface area contributed by atoms with Crippen molar-refractivity contribution in [3.63, 3.8) is 0 Å². The smallest absolute Gasteiger partial charge is 0.327 e. The lowest BCUT2D eigenvalue weighted by Gasteiger charge is -2.24. The summed E-state index contributed by atoms with van der Waals surface area (Å²) in [5, 5.41) is 18.1. The van der Waals surface area contributed by atoms with Gasteiger partial charge in [0, 0.05) is 5.75 Å². The Balaban J connectivity index is 2.10. The van der Waals surface area contributed by atoms with Crippen molar-refractivity contribution in [2.24, 2.45) is 0 Å². The monoisotopic (exact) mass is 306 g/mol. The second kappa shape index (κ2) is 6.50. The van der Waals surface area contributed by atoms with E-state index < -0.39 is 18.1 Å².